The first-order valence-electron chi connectivity index (χ1n) is 4.96. The van der Waals surface area contributed by atoms with Crippen LogP contribution in [0.15, 0.2) is 28.7 Å². The quantitative estimate of drug-likeness (QED) is 0.895. The van der Waals surface area contributed by atoms with Gasteiger partial charge in [-0.3, -0.25) is 0 Å². The number of hydrogen-bond acceptors (Lipinski definition) is 1. The van der Waals surface area contributed by atoms with E-state index in [2.05, 4.69) is 15.9 Å². The minimum absolute atomic E-state index is 0.316. The number of rotatable bonds is 3. The van der Waals surface area contributed by atoms with Gasteiger partial charge in [0.15, 0.2) is 0 Å². The van der Waals surface area contributed by atoms with E-state index < -0.39 is 11.1 Å². The number of nitrogens with two attached hydrogens (primary N) is 1. The van der Waals surface area contributed by atoms with Gasteiger partial charge in [-0.25, -0.2) is 4.39 Å². The van der Waals surface area contributed by atoms with Crippen LogP contribution in [0, 0.1) is 5.41 Å². The highest BCUT2D eigenvalue weighted by molar-refractivity contribution is 9.10. The largest absolute Gasteiger partial charge is 0.330 e. The van der Waals surface area contributed by atoms with Crippen molar-refractivity contribution >= 4 is 15.9 Å². The SMILES string of the molecule is CC(C)(CN)C(C)(F)c1ccc(Br)cc1. The molecule has 0 aliphatic carbocycles. The van der Waals surface area contributed by atoms with Crippen molar-refractivity contribution in [1.29, 1.82) is 0 Å². The molecule has 0 amide bonds. The van der Waals surface area contributed by atoms with E-state index in [1.165, 1.54) is 0 Å². The summed E-state index contributed by atoms with van der Waals surface area (Å²) in [5.41, 5.74) is 4.30. The third-order valence-corrected chi connectivity index (χ3v) is 3.70. The third kappa shape index (κ3) is 2.40. The summed E-state index contributed by atoms with van der Waals surface area (Å²) in [6.45, 7) is 5.59. The lowest BCUT2D eigenvalue weighted by atomic mass is 9.73. The molecule has 0 saturated carbocycles. The topological polar surface area (TPSA) is 26.0 Å². The van der Waals surface area contributed by atoms with Crippen molar-refractivity contribution in [2.45, 2.75) is 26.4 Å². The molecule has 2 N–H and O–H groups in total. The van der Waals surface area contributed by atoms with Gasteiger partial charge in [0.2, 0.25) is 0 Å². The van der Waals surface area contributed by atoms with Crippen LogP contribution in [0.5, 0.6) is 0 Å². The van der Waals surface area contributed by atoms with E-state index in [9.17, 15) is 4.39 Å². The number of benzene rings is 1. The molecule has 0 aliphatic rings. The Morgan fingerprint density at radius 1 is 1.20 bits per heavy atom. The molecule has 1 aromatic rings. The van der Waals surface area contributed by atoms with Crippen LogP contribution in [0.4, 0.5) is 4.39 Å². The Labute approximate surface area is 99.0 Å². The molecule has 84 valence electrons. The van der Waals surface area contributed by atoms with E-state index in [4.69, 9.17) is 5.73 Å². The highest BCUT2D eigenvalue weighted by atomic mass is 79.9. The molecule has 0 saturated heterocycles. The minimum atomic E-state index is -1.41. The zero-order chi connectivity index (χ0) is 11.7. The Hall–Kier alpha value is -0.410. The molecule has 0 aliphatic heterocycles. The Morgan fingerprint density at radius 2 is 1.67 bits per heavy atom. The van der Waals surface area contributed by atoms with Gasteiger partial charge in [0.05, 0.1) is 0 Å². The van der Waals surface area contributed by atoms with Crippen LogP contribution in [0.1, 0.15) is 26.3 Å². The Balaban J connectivity index is 3.10. The predicted octanol–water partition coefficient (Wildman–Crippen LogP) is 3.62. The van der Waals surface area contributed by atoms with Crippen LogP contribution in [0.2, 0.25) is 0 Å². The molecule has 0 bridgehead atoms. The van der Waals surface area contributed by atoms with E-state index >= 15 is 0 Å². The van der Waals surface area contributed by atoms with Crippen LogP contribution in [0.25, 0.3) is 0 Å². The molecule has 3 heteroatoms. The van der Waals surface area contributed by atoms with Gasteiger partial charge < -0.3 is 5.73 Å². The third-order valence-electron chi connectivity index (χ3n) is 3.17. The normalized spacial score (nSPS) is 16.1. The molecule has 0 spiro atoms. The van der Waals surface area contributed by atoms with Crippen LogP contribution in [-0.2, 0) is 5.67 Å². The molecule has 1 unspecified atom stereocenters. The molecule has 0 fully saturated rings. The Morgan fingerprint density at radius 3 is 2.07 bits per heavy atom. The van der Waals surface area contributed by atoms with E-state index in [1.807, 2.05) is 26.0 Å². The van der Waals surface area contributed by atoms with Crippen molar-refractivity contribution in [3.8, 4) is 0 Å². The summed E-state index contributed by atoms with van der Waals surface area (Å²) in [5, 5.41) is 0. The highest BCUT2D eigenvalue weighted by Gasteiger charge is 2.41. The van der Waals surface area contributed by atoms with E-state index in [0.717, 1.165) is 4.47 Å². The van der Waals surface area contributed by atoms with Gasteiger partial charge >= 0.3 is 0 Å². The summed E-state index contributed by atoms with van der Waals surface area (Å²) in [7, 11) is 0. The van der Waals surface area contributed by atoms with Gasteiger partial charge in [-0.1, -0.05) is 41.9 Å². The maximum Gasteiger partial charge on any atom is 0.139 e. The maximum atomic E-state index is 14.6. The number of hydrogen-bond donors (Lipinski definition) is 1. The molecule has 15 heavy (non-hydrogen) atoms. The highest BCUT2D eigenvalue weighted by Crippen LogP contribution is 2.42. The van der Waals surface area contributed by atoms with Crippen molar-refractivity contribution in [3.05, 3.63) is 34.3 Å². The molecule has 0 radical (unpaired) electrons. The second kappa shape index (κ2) is 4.22. The summed E-state index contributed by atoms with van der Waals surface area (Å²) >= 11 is 3.33. The average Bonchev–Trinajstić information content (AvgIpc) is 2.18. The number of halogens is 2. The van der Waals surface area contributed by atoms with Crippen LogP contribution in [-0.4, -0.2) is 6.54 Å². The lowest BCUT2D eigenvalue weighted by molar-refractivity contribution is 0.0372. The fourth-order valence-electron chi connectivity index (χ4n) is 1.35. The molecule has 1 rings (SSSR count). The predicted molar refractivity (Wildman–Crippen MR) is 65.4 cm³/mol. The minimum Gasteiger partial charge on any atom is -0.330 e. The van der Waals surface area contributed by atoms with E-state index in [0.29, 0.717) is 12.1 Å². The first-order valence-corrected chi connectivity index (χ1v) is 5.75. The zero-order valence-electron chi connectivity index (χ0n) is 9.35. The summed E-state index contributed by atoms with van der Waals surface area (Å²) in [5.74, 6) is 0. The second-order valence-electron chi connectivity index (χ2n) is 4.60. The van der Waals surface area contributed by atoms with Crippen molar-refractivity contribution in [2.24, 2.45) is 11.1 Å². The molecule has 0 aromatic heterocycles. The standard InChI is InChI=1S/C12H17BrFN/c1-11(2,8-15)12(3,14)9-4-6-10(13)7-5-9/h4-7H,8,15H2,1-3H3. The second-order valence-corrected chi connectivity index (χ2v) is 5.51. The molecule has 1 nitrogen and oxygen atoms in total. The van der Waals surface area contributed by atoms with Crippen molar-refractivity contribution in [2.75, 3.05) is 6.54 Å². The fraction of sp³-hybridized carbons (Fsp3) is 0.500. The monoisotopic (exact) mass is 273 g/mol. The van der Waals surface area contributed by atoms with Crippen LogP contribution in [0.3, 0.4) is 0 Å². The fourth-order valence-corrected chi connectivity index (χ4v) is 1.61. The summed E-state index contributed by atoms with van der Waals surface area (Å²) in [6.07, 6.45) is 0. The Kier molecular flexibility index (Phi) is 3.56. The molecule has 1 aromatic carbocycles. The number of alkyl halides is 1. The smallest absolute Gasteiger partial charge is 0.139 e. The van der Waals surface area contributed by atoms with Crippen LogP contribution < -0.4 is 5.73 Å². The summed E-state index contributed by atoms with van der Waals surface area (Å²) in [6, 6.07) is 7.28. The lowest BCUT2D eigenvalue weighted by Gasteiger charge is -2.37. The lowest BCUT2D eigenvalue weighted by Crippen LogP contribution is -2.41. The molecular formula is C12H17BrFN. The zero-order valence-corrected chi connectivity index (χ0v) is 10.9. The van der Waals surface area contributed by atoms with Crippen LogP contribution >= 0.6 is 15.9 Å². The molecule has 0 heterocycles. The maximum absolute atomic E-state index is 14.6. The summed E-state index contributed by atoms with van der Waals surface area (Å²) < 4.78 is 15.6. The van der Waals surface area contributed by atoms with Gasteiger partial charge in [-0.05, 0) is 24.6 Å². The molecule has 1 atom stereocenters. The van der Waals surface area contributed by atoms with Gasteiger partial charge in [0.1, 0.15) is 5.67 Å². The van der Waals surface area contributed by atoms with Gasteiger partial charge in [-0.2, -0.15) is 0 Å². The van der Waals surface area contributed by atoms with Gasteiger partial charge in [0, 0.05) is 16.4 Å². The van der Waals surface area contributed by atoms with Crippen molar-refractivity contribution in [3.63, 3.8) is 0 Å². The van der Waals surface area contributed by atoms with Gasteiger partial charge in [0.25, 0.3) is 0 Å². The summed E-state index contributed by atoms with van der Waals surface area (Å²) in [4.78, 5) is 0. The van der Waals surface area contributed by atoms with E-state index in [-0.39, 0.29) is 0 Å². The van der Waals surface area contributed by atoms with Gasteiger partial charge in [-0.15, -0.1) is 0 Å². The average molecular weight is 274 g/mol. The Bertz CT molecular complexity index is 330. The molecular weight excluding hydrogens is 257 g/mol. The van der Waals surface area contributed by atoms with E-state index in [1.54, 1.807) is 19.1 Å². The first-order chi connectivity index (χ1) is 6.81. The first kappa shape index (κ1) is 12.7. The van der Waals surface area contributed by atoms with Crippen molar-refractivity contribution < 1.29 is 4.39 Å². The van der Waals surface area contributed by atoms with Crippen molar-refractivity contribution in [1.82, 2.24) is 0 Å².